The summed E-state index contributed by atoms with van der Waals surface area (Å²) >= 11 is 0. The molecule has 0 radical (unpaired) electrons. The van der Waals surface area contributed by atoms with Crippen molar-refractivity contribution in [3.63, 3.8) is 0 Å². The SMILES string of the molecule is CCS(=O)(=O)CCCOCC(C)(C)N. The number of hydrogen-bond donors (Lipinski definition) is 1. The zero-order chi connectivity index (χ0) is 11.2. The molecule has 0 saturated heterocycles. The Morgan fingerprint density at radius 1 is 1.36 bits per heavy atom. The van der Waals surface area contributed by atoms with E-state index in [2.05, 4.69) is 0 Å². The molecule has 0 saturated carbocycles. The van der Waals surface area contributed by atoms with E-state index in [4.69, 9.17) is 10.5 Å². The fraction of sp³-hybridized carbons (Fsp3) is 1.00. The lowest BCUT2D eigenvalue weighted by Gasteiger charge is -2.17. The first kappa shape index (κ1) is 13.9. The molecule has 0 aromatic carbocycles. The van der Waals surface area contributed by atoms with Gasteiger partial charge in [0, 0.05) is 17.9 Å². The van der Waals surface area contributed by atoms with E-state index < -0.39 is 9.84 Å². The molecule has 14 heavy (non-hydrogen) atoms. The van der Waals surface area contributed by atoms with E-state index in [9.17, 15) is 8.42 Å². The van der Waals surface area contributed by atoms with Crippen LogP contribution in [0.3, 0.4) is 0 Å². The van der Waals surface area contributed by atoms with Gasteiger partial charge in [0.25, 0.3) is 0 Å². The largest absolute Gasteiger partial charge is 0.380 e. The Hall–Kier alpha value is -0.130. The fourth-order valence-electron chi connectivity index (χ4n) is 0.860. The molecule has 2 N–H and O–H groups in total. The minimum Gasteiger partial charge on any atom is -0.380 e. The van der Waals surface area contributed by atoms with Crippen LogP contribution in [0.5, 0.6) is 0 Å². The first-order valence-electron chi connectivity index (χ1n) is 4.84. The van der Waals surface area contributed by atoms with Gasteiger partial charge in [-0.15, -0.1) is 0 Å². The molecule has 4 nitrogen and oxygen atoms in total. The first-order chi connectivity index (χ1) is 6.27. The summed E-state index contributed by atoms with van der Waals surface area (Å²) in [5.74, 6) is 0.407. The molecular formula is C9H21NO3S. The molecule has 0 unspecified atom stereocenters. The van der Waals surface area contributed by atoms with E-state index in [0.29, 0.717) is 19.6 Å². The van der Waals surface area contributed by atoms with Crippen LogP contribution in [0.1, 0.15) is 27.2 Å². The minimum atomic E-state index is -2.85. The summed E-state index contributed by atoms with van der Waals surface area (Å²) in [6, 6.07) is 0. The Kier molecular flexibility index (Phi) is 5.63. The van der Waals surface area contributed by atoms with Gasteiger partial charge in [-0.1, -0.05) is 6.92 Å². The van der Waals surface area contributed by atoms with Gasteiger partial charge in [0.2, 0.25) is 0 Å². The van der Waals surface area contributed by atoms with Crippen LogP contribution in [-0.2, 0) is 14.6 Å². The standard InChI is InChI=1S/C9H21NO3S/c1-4-14(11,12)7-5-6-13-8-9(2,3)10/h4-8,10H2,1-3H3. The minimum absolute atomic E-state index is 0.203. The van der Waals surface area contributed by atoms with Crippen molar-refractivity contribution < 1.29 is 13.2 Å². The smallest absolute Gasteiger partial charge is 0.150 e. The van der Waals surface area contributed by atoms with Crippen molar-refractivity contribution in [2.45, 2.75) is 32.7 Å². The van der Waals surface area contributed by atoms with Crippen LogP contribution >= 0.6 is 0 Å². The number of nitrogens with two attached hydrogens (primary N) is 1. The Bertz CT molecular complexity index is 241. The zero-order valence-electron chi connectivity index (χ0n) is 9.25. The number of rotatable bonds is 7. The summed E-state index contributed by atoms with van der Waals surface area (Å²) < 4.78 is 27.4. The van der Waals surface area contributed by atoms with Crippen molar-refractivity contribution in [1.82, 2.24) is 0 Å². The van der Waals surface area contributed by atoms with Crippen LogP contribution in [-0.4, -0.2) is 38.7 Å². The molecule has 0 bridgehead atoms. The van der Waals surface area contributed by atoms with Gasteiger partial charge in [-0.2, -0.15) is 0 Å². The molecule has 0 rings (SSSR count). The summed E-state index contributed by atoms with van der Waals surface area (Å²) in [4.78, 5) is 0. The molecule has 0 aromatic heterocycles. The third kappa shape index (κ3) is 8.47. The maximum absolute atomic E-state index is 11.1. The normalized spacial score (nSPS) is 13.1. The van der Waals surface area contributed by atoms with Gasteiger partial charge in [-0.3, -0.25) is 0 Å². The quantitative estimate of drug-likeness (QED) is 0.640. The number of sulfone groups is 1. The zero-order valence-corrected chi connectivity index (χ0v) is 10.1. The van der Waals surface area contributed by atoms with Crippen LogP contribution < -0.4 is 5.73 Å². The Morgan fingerprint density at radius 2 is 1.93 bits per heavy atom. The van der Waals surface area contributed by atoms with Crippen LogP contribution in [0, 0.1) is 0 Å². The molecule has 0 spiro atoms. The van der Waals surface area contributed by atoms with Crippen LogP contribution in [0.4, 0.5) is 0 Å². The third-order valence-corrected chi connectivity index (χ3v) is 3.45. The van der Waals surface area contributed by atoms with Crippen molar-refractivity contribution in [2.75, 3.05) is 24.7 Å². The fourth-order valence-corrected chi connectivity index (χ4v) is 1.71. The summed E-state index contributed by atoms with van der Waals surface area (Å²) in [6.45, 7) is 6.31. The second kappa shape index (κ2) is 5.68. The van der Waals surface area contributed by atoms with Crippen molar-refractivity contribution in [2.24, 2.45) is 5.73 Å². The van der Waals surface area contributed by atoms with Crippen molar-refractivity contribution in [3.05, 3.63) is 0 Å². The molecule has 0 fully saturated rings. The molecule has 5 heteroatoms. The molecule has 0 aliphatic heterocycles. The third-order valence-electron chi connectivity index (χ3n) is 1.66. The van der Waals surface area contributed by atoms with Crippen LogP contribution in [0.2, 0.25) is 0 Å². The van der Waals surface area contributed by atoms with Crippen LogP contribution in [0.25, 0.3) is 0 Å². The summed E-state index contributed by atoms with van der Waals surface area (Å²) in [5.41, 5.74) is 5.34. The molecule has 0 aromatic rings. The lowest BCUT2D eigenvalue weighted by molar-refractivity contribution is 0.0981. The van der Waals surface area contributed by atoms with Gasteiger partial charge < -0.3 is 10.5 Å². The van der Waals surface area contributed by atoms with E-state index >= 15 is 0 Å². The summed E-state index contributed by atoms with van der Waals surface area (Å²) in [6.07, 6.45) is 0.548. The van der Waals surface area contributed by atoms with Gasteiger partial charge in [0.1, 0.15) is 9.84 Å². The van der Waals surface area contributed by atoms with Gasteiger partial charge in [0.15, 0.2) is 0 Å². The predicted molar refractivity (Wildman–Crippen MR) is 58.0 cm³/mol. The summed E-state index contributed by atoms with van der Waals surface area (Å²) in [7, 11) is -2.85. The molecule has 0 amide bonds. The monoisotopic (exact) mass is 223 g/mol. The number of ether oxygens (including phenoxy) is 1. The molecule has 86 valence electrons. The van der Waals surface area contributed by atoms with Gasteiger partial charge in [0.05, 0.1) is 12.4 Å². The highest BCUT2D eigenvalue weighted by molar-refractivity contribution is 7.91. The highest BCUT2D eigenvalue weighted by Gasteiger charge is 2.11. The Morgan fingerprint density at radius 3 is 2.36 bits per heavy atom. The molecular weight excluding hydrogens is 202 g/mol. The molecule has 0 aliphatic carbocycles. The highest BCUT2D eigenvalue weighted by atomic mass is 32.2. The van der Waals surface area contributed by atoms with Crippen molar-refractivity contribution in [3.8, 4) is 0 Å². The van der Waals surface area contributed by atoms with Crippen molar-refractivity contribution in [1.29, 1.82) is 0 Å². The average molecular weight is 223 g/mol. The van der Waals surface area contributed by atoms with Crippen molar-refractivity contribution >= 4 is 9.84 Å². The van der Waals surface area contributed by atoms with Crippen LogP contribution in [0.15, 0.2) is 0 Å². The molecule has 0 atom stereocenters. The van der Waals surface area contributed by atoms with Gasteiger partial charge in [-0.25, -0.2) is 8.42 Å². The van der Waals surface area contributed by atoms with E-state index in [1.165, 1.54) is 0 Å². The maximum Gasteiger partial charge on any atom is 0.150 e. The van der Waals surface area contributed by atoms with E-state index in [1.54, 1.807) is 6.92 Å². The van der Waals surface area contributed by atoms with Gasteiger partial charge >= 0.3 is 0 Å². The second-order valence-corrected chi connectivity index (χ2v) is 6.60. The lowest BCUT2D eigenvalue weighted by Crippen LogP contribution is -2.37. The number of hydrogen-bond acceptors (Lipinski definition) is 4. The van der Waals surface area contributed by atoms with E-state index in [0.717, 1.165) is 0 Å². The lowest BCUT2D eigenvalue weighted by atomic mass is 10.1. The van der Waals surface area contributed by atoms with Gasteiger partial charge in [-0.05, 0) is 20.3 Å². The second-order valence-electron chi connectivity index (χ2n) is 4.13. The molecule has 0 aliphatic rings. The summed E-state index contributed by atoms with van der Waals surface area (Å²) in [5, 5.41) is 0. The Balaban J connectivity index is 3.49. The first-order valence-corrected chi connectivity index (χ1v) is 6.66. The topological polar surface area (TPSA) is 69.4 Å². The average Bonchev–Trinajstić information content (AvgIpc) is 2.01. The highest BCUT2D eigenvalue weighted by Crippen LogP contribution is 1.99. The maximum atomic E-state index is 11.1. The Labute approximate surface area is 86.7 Å². The van der Waals surface area contributed by atoms with E-state index in [-0.39, 0.29) is 17.0 Å². The predicted octanol–water partition coefficient (Wildman–Crippen LogP) is 0.565. The molecule has 0 heterocycles. The van der Waals surface area contributed by atoms with E-state index in [1.807, 2.05) is 13.8 Å².